The van der Waals surface area contributed by atoms with E-state index in [1.165, 1.54) is 18.4 Å². The lowest BCUT2D eigenvalue weighted by Crippen LogP contribution is -2.30. The molecule has 3 heterocycles. The molecule has 162 valence electrons. The lowest BCUT2D eigenvalue weighted by Gasteiger charge is -2.27. The maximum atomic E-state index is 12.5. The lowest BCUT2D eigenvalue weighted by molar-refractivity contribution is -0.115. The molecule has 0 bridgehead atoms. The summed E-state index contributed by atoms with van der Waals surface area (Å²) in [6, 6.07) is 9.52. The standard InChI is InChI=1S/C21H23N5O4S/c1-28-14-6-4-5-13(9-14)10-18(27)24-21-22-15-7-8-26(12-16(15)31-21)17-11-19(29-2)25-20(23-17)30-3/h4-6,9,11H,7-8,10,12H2,1-3H3,(H,22,24,27). The minimum atomic E-state index is -0.110. The van der Waals surface area contributed by atoms with Crippen LogP contribution in [0.2, 0.25) is 0 Å². The third-order valence-corrected chi connectivity index (χ3v) is 5.86. The molecule has 1 N–H and O–H groups in total. The number of thiazole rings is 1. The summed E-state index contributed by atoms with van der Waals surface area (Å²) in [5.74, 6) is 1.79. The first-order valence-corrected chi connectivity index (χ1v) is 10.5. The fourth-order valence-corrected chi connectivity index (χ4v) is 4.37. The Morgan fingerprint density at radius 2 is 2.00 bits per heavy atom. The molecule has 3 aromatic rings. The Kier molecular flexibility index (Phi) is 6.17. The van der Waals surface area contributed by atoms with Crippen molar-refractivity contribution in [3.63, 3.8) is 0 Å². The second-order valence-electron chi connectivity index (χ2n) is 6.89. The molecule has 0 saturated heterocycles. The van der Waals surface area contributed by atoms with Gasteiger partial charge in [-0.1, -0.05) is 23.5 Å². The molecule has 0 atom stereocenters. The van der Waals surface area contributed by atoms with Gasteiger partial charge in [0.05, 0.1) is 40.0 Å². The highest BCUT2D eigenvalue weighted by Gasteiger charge is 2.23. The van der Waals surface area contributed by atoms with Crippen LogP contribution in [0.1, 0.15) is 16.1 Å². The van der Waals surface area contributed by atoms with E-state index < -0.39 is 0 Å². The zero-order chi connectivity index (χ0) is 21.8. The van der Waals surface area contributed by atoms with Crippen molar-refractivity contribution in [1.29, 1.82) is 0 Å². The summed E-state index contributed by atoms with van der Waals surface area (Å²) in [6.45, 7) is 1.39. The summed E-state index contributed by atoms with van der Waals surface area (Å²) in [5.41, 5.74) is 1.89. The zero-order valence-corrected chi connectivity index (χ0v) is 18.4. The number of ether oxygens (including phenoxy) is 3. The number of carbonyl (C=O) groups excluding carboxylic acids is 1. The van der Waals surface area contributed by atoms with Crippen molar-refractivity contribution in [1.82, 2.24) is 15.0 Å². The minimum Gasteiger partial charge on any atom is -0.497 e. The van der Waals surface area contributed by atoms with E-state index in [0.717, 1.165) is 40.7 Å². The zero-order valence-electron chi connectivity index (χ0n) is 17.5. The third-order valence-electron chi connectivity index (χ3n) is 4.86. The van der Waals surface area contributed by atoms with Gasteiger partial charge < -0.3 is 24.4 Å². The fourth-order valence-electron chi connectivity index (χ4n) is 3.33. The first-order chi connectivity index (χ1) is 15.1. The average molecular weight is 442 g/mol. The molecule has 0 fully saturated rings. The van der Waals surface area contributed by atoms with Gasteiger partial charge in [0.1, 0.15) is 11.6 Å². The van der Waals surface area contributed by atoms with Crippen molar-refractivity contribution in [2.75, 3.05) is 38.1 Å². The molecule has 2 aromatic heterocycles. The highest BCUT2D eigenvalue weighted by molar-refractivity contribution is 7.15. The van der Waals surface area contributed by atoms with E-state index in [2.05, 4.69) is 25.2 Å². The predicted octanol–water partition coefficient (Wildman–Crippen LogP) is 2.70. The van der Waals surface area contributed by atoms with Gasteiger partial charge >= 0.3 is 6.01 Å². The second kappa shape index (κ2) is 9.17. The number of nitrogens with one attached hydrogen (secondary N) is 1. The van der Waals surface area contributed by atoms with Crippen molar-refractivity contribution in [2.24, 2.45) is 0 Å². The van der Waals surface area contributed by atoms with Crippen LogP contribution in [0.15, 0.2) is 30.3 Å². The quantitative estimate of drug-likeness (QED) is 0.598. The summed E-state index contributed by atoms with van der Waals surface area (Å²) in [7, 11) is 4.69. The monoisotopic (exact) mass is 441 g/mol. The summed E-state index contributed by atoms with van der Waals surface area (Å²) in [6.07, 6.45) is 1.01. The van der Waals surface area contributed by atoms with E-state index in [1.54, 1.807) is 20.3 Å². The Balaban J connectivity index is 1.44. The molecule has 10 heteroatoms. The van der Waals surface area contributed by atoms with Gasteiger partial charge in [0, 0.05) is 23.9 Å². The largest absolute Gasteiger partial charge is 0.497 e. The van der Waals surface area contributed by atoms with Crippen molar-refractivity contribution >= 4 is 28.2 Å². The molecule has 0 saturated carbocycles. The maximum absolute atomic E-state index is 12.5. The highest BCUT2D eigenvalue weighted by Crippen LogP contribution is 2.31. The van der Waals surface area contributed by atoms with Gasteiger partial charge in [-0.3, -0.25) is 4.79 Å². The van der Waals surface area contributed by atoms with Crippen LogP contribution in [0.4, 0.5) is 10.9 Å². The predicted molar refractivity (Wildman–Crippen MR) is 117 cm³/mol. The number of carbonyl (C=O) groups is 1. The van der Waals surface area contributed by atoms with Gasteiger partial charge in [-0.2, -0.15) is 9.97 Å². The molecular formula is C21H23N5O4S. The number of hydrogen-bond acceptors (Lipinski definition) is 9. The van der Waals surface area contributed by atoms with E-state index in [9.17, 15) is 4.79 Å². The highest BCUT2D eigenvalue weighted by atomic mass is 32.1. The summed E-state index contributed by atoms with van der Waals surface area (Å²) in [5, 5.41) is 3.53. The maximum Gasteiger partial charge on any atom is 0.321 e. The van der Waals surface area contributed by atoms with Crippen LogP contribution in [0, 0.1) is 0 Å². The Morgan fingerprint density at radius 1 is 1.13 bits per heavy atom. The Labute approximate surface area is 184 Å². The number of rotatable bonds is 7. The molecule has 31 heavy (non-hydrogen) atoms. The van der Waals surface area contributed by atoms with Crippen LogP contribution in [0.5, 0.6) is 17.6 Å². The smallest absolute Gasteiger partial charge is 0.321 e. The summed E-state index contributed by atoms with van der Waals surface area (Å²) >= 11 is 1.48. The molecule has 1 aromatic carbocycles. The molecular weight excluding hydrogens is 418 g/mol. The first-order valence-electron chi connectivity index (χ1n) is 9.71. The number of benzene rings is 1. The number of amides is 1. The number of anilines is 2. The minimum absolute atomic E-state index is 0.110. The van der Waals surface area contributed by atoms with Crippen LogP contribution >= 0.6 is 11.3 Å². The van der Waals surface area contributed by atoms with E-state index in [1.807, 2.05) is 24.3 Å². The van der Waals surface area contributed by atoms with Crippen molar-refractivity contribution in [2.45, 2.75) is 19.4 Å². The number of nitrogens with zero attached hydrogens (tertiary/aromatic N) is 4. The third kappa shape index (κ3) is 4.85. The molecule has 1 amide bonds. The van der Waals surface area contributed by atoms with E-state index in [4.69, 9.17) is 14.2 Å². The van der Waals surface area contributed by atoms with Gasteiger partial charge in [0.25, 0.3) is 0 Å². The van der Waals surface area contributed by atoms with Crippen LogP contribution in [-0.4, -0.2) is 48.7 Å². The van der Waals surface area contributed by atoms with E-state index >= 15 is 0 Å². The number of fused-ring (bicyclic) bond motifs is 1. The van der Waals surface area contributed by atoms with Gasteiger partial charge in [0.15, 0.2) is 5.13 Å². The molecule has 0 unspecified atom stereocenters. The second-order valence-corrected chi connectivity index (χ2v) is 7.98. The average Bonchev–Trinajstić information content (AvgIpc) is 3.19. The number of methoxy groups -OCH3 is 3. The van der Waals surface area contributed by atoms with Gasteiger partial charge in [-0.05, 0) is 17.7 Å². The summed E-state index contributed by atoms with van der Waals surface area (Å²) < 4.78 is 15.6. The van der Waals surface area contributed by atoms with Crippen molar-refractivity contribution in [3.8, 4) is 17.6 Å². The molecule has 0 radical (unpaired) electrons. The summed E-state index contributed by atoms with van der Waals surface area (Å²) in [4.78, 5) is 28.9. The molecule has 9 nitrogen and oxygen atoms in total. The van der Waals surface area contributed by atoms with Crippen molar-refractivity contribution < 1.29 is 19.0 Å². The normalized spacial score (nSPS) is 12.8. The first kappa shape index (κ1) is 20.9. The Bertz CT molecular complexity index is 1070. The fraction of sp³-hybridized carbons (Fsp3) is 0.333. The van der Waals surface area contributed by atoms with Crippen LogP contribution < -0.4 is 24.4 Å². The van der Waals surface area contributed by atoms with E-state index in [-0.39, 0.29) is 18.3 Å². The Morgan fingerprint density at radius 3 is 2.77 bits per heavy atom. The van der Waals surface area contributed by atoms with Gasteiger partial charge in [-0.25, -0.2) is 4.98 Å². The molecule has 0 spiro atoms. The molecule has 4 rings (SSSR count). The van der Waals surface area contributed by atoms with Gasteiger partial charge in [-0.15, -0.1) is 0 Å². The SMILES string of the molecule is COc1cccc(CC(=O)Nc2nc3c(s2)CN(c2cc(OC)nc(OC)n2)CC3)c1. The molecule has 1 aliphatic rings. The number of hydrogen-bond donors (Lipinski definition) is 1. The Hall–Kier alpha value is -3.40. The lowest BCUT2D eigenvalue weighted by atomic mass is 10.1. The van der Waals surface area contributed by atoms with Crippen LogP contribution in [-0.2, 0) is 24.2 Å². The molecule has 1 aliphatic heterocycles. The number of aromatic nitrogens is 3. The van der Waals surface area contributed by atoms with Crippen LogP contribution in [0.25, 0.3) is 0 Å². The van der Waals surface area contributed by atoms with Crippen LogP contribution in [0.3, 0.4) is 0 Å². The van der Waals surface area contributed by atoms with E-state index in [0.29, 0.717) is 17.6 Å². The molecule has 0 aliphatic carbocycles. The van der Waals surface area contributed by atoms with Gasteiger partial charge in [0.2, 0.25) is 11.8 Å². The topological polar surface area (TPSA) is 98.7 Å². The van der Waals surface area contributed by atoms with Crippen molar-refractivity contribution in [3.05, 3.63) is 46.5 Å².